The highest BCUT2D eigenvalue weighted by Gasteiger charge is 2.17. The Morgan fingerprint density at radius 3 is 3.12 bits per heavy atom. The van der Waals surface area contributed by atoms with E-state index in [1.165, 1.54) is 0 Å². The normalized spacial score (nSPS) is 16.6. The van der Waals surface area contributed by atoms with Gasteiger partial charge in [-0.25, -0.2) is 4.98 Å². The summed E-state index contributed by atoms with van der Waals surface area (Å²) in [7, 11) is 0. The molecule has 0 saturated carbocycles. The van der Waals surface area contributed by atoms with Gasteiger partial charge in [0.05, 0.1) is 18.8 Å². The van der Waals surface area contributed by atoms with Crippen LogP contribution in [-0.2, 0) is 11.3 Å². The van der Waals surface area contributed by atoms with Gasteiger partial charge in [-0.2, -0.15) is 5.26 Å². The largest absolute Gasteiger partial charge is 0.493 e. The minimum absolute atomic E-state index is 0.465. The van der Waals surface area contributed by atoms with E-state index in [1.54, 1.807) is 18.3 Å². The van der Waals surface area contributed by atoms with Gasteiger partial charge in [-0.15, -0.1) is 0 Å². The van der Waals surface area contributed by atoms with Crippen molar-refractivity contribution in [2.75, 3.05) is 25.1 Å². The number of nitriles is 1. The minimum atomic E-state index is 0.465. The van der Waals surface area contributed by atoms with Crippen LogP contribution in [-0.4, -0.2) is 24.8 Å². The molecule has 0 unspecified atom stereocenters. The van der Waals surface area contributed by atoms with Crippen molar-refractivity contribution in [1.29, 1.82) is 5.26 Å². The lowest BCUT2D eigenvalue weighted by molar-refractivity contribution is 0.167. The van der Waals surface area contributed by atoms with Crippen molar-refractivity contribution >= 4 is 5.82 Å². The predicted octanol–water partition coefficient (Wildman–Crippen LogP) is 3.29. The number of hydrogen-bond acceptors (Lipinski definition) is 5. The number of aromatic nitrogens is 1. The molecule has 0 aliphatic carbocycles. The van der Waals surface area contributed by atoms with E-state index in [2.05, 4.69) is 41.5 Å². The second kappa shape index (κ2) is 7.80. The summed E-state index contributed by atoms with van der Waals surface area (Å²) in [5.74, 6) is 1.94. The number of benzene rings is 1. The minimum Gasteiger partial charge on any atom is -0.493 e. The van der Waals surface area contributed by atoms with E-state index in [4.69, 9.17) is 14.7 Å². The summed E-state index contributed by atoms with van der Waals surface area (Å²) in [5, 5.41) is 12.4. The van der Waals surface area contributed by atoms with Gasteiger partial charge in [0.25, 0.3) is 0 Å². The molecule has 124 valence electrons. The number of pyridine rings is 1. The Morgan fingerprint density at radius 2 is 2.33 bits per heavy atom. The van der Waals surface area contributed by atoms with Crippen molar-refractivity contribution in [3.8, 4) is 11.8 Å². The summed E-state index contributed by atoms with van der Waals surface area (Å²) in [6.45, 7) is 4.88. The highest BCUT2D eigenvalue weighted by molar-refractivity contribution is 5.52. The van der Waals surface area contributed by atoms with Crippen LogP contribution in [0.15, 0.2) is 36.5 Å². The zero-order valence-corrected chi connectivity index (χ0v) is 13.8. The highest BCUT2D eigenvalue weighted by atomic mass is 16.5. The topological polar surface area (TPSA) is 67.2 Å². The monoisotopic (exact) mass is 323 g/mol. The summed E-state index contributed by atoms with van der Waals surface area (Å²) >= 11 is 0. The van der Waals surface area contributed by atoms with E-state index in [0.29, 0.717) is 30.5 Å². The molecule has 1 aromatic carbocycles. The maximum absolute atomic E-state index is 9.15. The summed E-state index contributed by atoms with van der Waals surface area (Å²) in [6, 6.07) is 11.8. The number of anilines is 1. The molecule has 5 nitrogen and oxygen atoms in total. The van der Waals surface area contributed by atoms with E-state index in [1.807, 2.05) is 0 Å². The summed E-state index contributed by atoms with van der Waals surface area (Å²) in [4.78, 5) is 4.23. The molecule has 3 rings (SSSR count). The molecule has 1 saturated heterocycles. The van der Waals surface area contributed by atoms with Gasteiger partial charge >= 0.3 is 0 Å². The first-order valence-electron chi connectivity index (χ1n) is 8.15. The first kappa shape index (κ1) is 16.3. The molecule has 1 fully saturated rings. The van der Waals surface area contributed by atoms with Crippen molar-refractivity contribution in [1.82, 2.24) is 4.98 Å². The molecule has 0 radical (unpaired) electrons. The summed E-state index contributed by atoms with van der Waals surface area (Å²) in [5.41, 5.74) is 2.75. The standard InChI is InChI=1S/C19H21N3O2/c1-14-4-5-17(11-22-19-16(10-20)3-2-7-21-19)18(9-14)24-13-15-6-8-23-12-15/h2-5,7,9,15H,6,8,11-13H2,1H3,(H,21,22)/t15-/m0/s1. The molecule has 5 heteroatoms. The second-order valence-corrected chi connectivity index (χ2v) is 6.02. The van der Waals surface area contributed by atoms with Crippen LogP contribution in [0.1, 0.15) is 23.1 Å². The van der Waals surface area contributed by atoms with E-state index in [-0.39, 0.29) is 0 Å². The number of rotatable bonds is 6. The van der Waals surface area contributed by atoms with Crippen molar-refractivity contribution in [3.63, 3.8) is 0 Å². The van der Waals surface area contributed by atoms with E-state index >= 15 is 0 Å². The van der Waals surface area contributed by atoms with Crippen molar-refractivity contribution in [2.45, 2.75) is 19.9 Å². The molecule has 1 aromatic heterocycles. The van der Waals surface area contributed by atoms with Gasteiger partial charge in [0.1, 0.15) is 17.6 Å². The van der Waals surface area contributed by atoms with Crippen LogP contribution in [0.4, 0.5) is 5.82 Å². The number of hydrogen-bond donors (Lipinski definition) is 1. The fourth-order valence-electron chi connectivity index (χ4n) is 2.68. The van der Waals surface area contributed by atoms with Gasteiger partial charge in [-0.05, 0) is 37.1 Å². The van der Waals surface area contributed by atoms with E-state index < -0.39 is 0 Å². The molecule has 0 bridgehead atoms. The zero-order chi connectivity index (χ0) is 16.8. The molecular weight excluding hydrogens is 302 g/mol. The molecule has 1 atom stereocenters. The smallest absolute Gasteiger partial charge is 0.144 e. The first-order valence-corrected chi connectivity index (χ1v) is 8.15. The van der Waals surface area contributed by atoms with Gasteiger partial charge in [0.15, 0.2) is 0 Å². The Hall–Kier alpha value is -2.58. The number of nitrogens with one attached hydrogen (secondary N) is 1. The van der Waals surface area contributed by atoms with Gasteiger partial charge in [-0.3, -0.25) is 0 Å². The molecular formula is C19H21N3O2. The Kier molecular flexibility index (Phi) is 5.29. The van der Waals surface area contributed by atoms with Crippen LogP contribution in [0.3, 0.4) is 0 Å². The van der Waals surface area contributed by atoms with Crippen molar-refractivity contribution in [3.05, 3.63) is 53.2 Å². The van der Waals surface area contributed by atoms with E-state index in [0.717, 1.165) is 36.5 Å². The quantitative estimate of drug-likeness (QED) is 0.883. The number of nitrogens with zero attached hydrogens (tertiary/aromatic N) is 2. The lowest BCUT2D eigenvalue weighted by Crippen LogP contribution is -2.13. The second-order valence-electron chi connectivity index (χ2n) is 6.02. The van der Waals surface area contributed by atoms with Gasteiger partial charge in [0, 0.05) is 30.8 Å². The summed E-state index contributed by atoms with van der Waals surface area (Å²) in [6.07, 6.45) is 2.73. The average Bonchev–Trinajstić information content (AvgIpc) is 3.13. The average molecular weight is 323 g/mol. The lowest BCUT2D eigenvalue weighted by atomic mass is 10.1. The molecule has 1 N–H and O–H groups in total. The fourth-order valence-corrected chi connectivity index (χ4v) is 2.68. The van der Waals surface area contributed by atoms with Crippen LogP contribution >= 0.6 is 0 Å². The lowest BCUT2D eigenvalue weighted by Gasteiger charge is -2.16. The SMILES string of the molecule is Cc1ccc(CNc2ncccc2C#N)c(OC[C@H]2CCOC2)c1. The maximum Gasteiger partial charge on any atom is 0.144 e. The Balaban J connectivity index is 1.69. The Labute approximate surface area is 142 Å². The van der Waals surface area contributed by atoms with E-state index in [9.17, 15) is 0 Å². The molecule has 0 amide bonds. The first-order chi connectivity index (χ1) is 11.8. The van der Waals surface area contributed by atoms with Crippen LogP contribution in [0.2, 0.25) is 0 Å². The van der Waals surface area contributed by atoms with Crippen LogP contribution in [0.25, 0.3) is 0 Å². The molecule has 0 spiro atoms. The summed E-state index contributed by atoms with van der Waals surface area (Å²) < 4.78 is 11.4. The molecule has 2 aromatic rings. The van der Waals surface area contributed by atoms with Crippen molar-refractivity contribution < 1.29 is 9.47 Å². The maximum atomic E-state index is 9.15. The van der Waals surface area contributed by atoms with Gasteiger partial charge in [-0.1, -0.05) is 12.1 Å². The third-order valence-electron chi connectivity index (χ3n) is 4.10. The predicted molar refractivity (Wildman–Crippen MR) is 91.9 cm³/mol. The van der Waals surface area contributed by atoms with Crippen LogP contribution < -0.4 is 10.1 Å². The molecule has 1 aliphatic rings. The zero-order valence-electron chi connectivity index (χ0n) is 13.8. The highest BCUT2D eigenvalue weighted by Crippen LogP contribution is 2.24. The molecule has 1 aliphatic heterocycles. The third-order valence-corrected chi connectivity index (χ3v) is 4.10. The van der Waals surface area contributed by atoms with Gasteiger partial charge < -0.3 is 14.8 Å². The molecule has 24 heavy (non-hydrogen) atoms. The van der Waals surface area contributed by atoms with Crippen LogP contribution in [0.5, 0.6) is 5.75 Å². The molecule has 2 heterocycles. The number of ether oxygens (including phenoxy) is 2. The van der Waals surface area contributed by atoms with Crippen molar-refractivity contribution in [2.24, 2.45) is 5.92 Å². The number of aryl methyl sites for hydroxylation is 1. The Bertz CT molecular complexity index is 734. The fraction of sp³-hybridized carbons (Fsp3) is 0.368. The third kappa shape index (κ3) is 4.03. The Morgan fingerprint density at radius 1 is 1.42 bits per heavy atom. The van der Waals surface area contributed by atoms with Gasteiger partial charge in [0.2, 0.25) is 0 Å². The van der Waals surface area contributed by atoms with Crippen LogP contribution in [0, 0.1) is 24.2 Å².